The Morgan fingerprint density at radius 1 is 1.42 bits per heavy atom. The molecule has 1 aromatic heterocycles. The van der Waals surface area contributed by atoms with Crippen LogP contribution < -0.4 is 5.32 Å². The molecule has 0 spiro atoms. The van der Waals surface area contributed by atoms with Crippen LogP contribution in [-0.4, -0.2) is 12.7 Å². The maximum atomic E-state index is 11.6. The second kappa shape index (κ2) is 3.80. The molecular formula is C7H8F3NS. The number of hydrogen-bond acceptors (Lipinski definition) is 2. The molecule has 5 heteroatoms. The van der Waals surface area contributed by atoms with Gasteiger partial charge in [-0.1, -0.05) is 0 Å². The summed E-state index contributed by atoms with van der Waals surface area (Å²) in [7, 11) is 0. The maximum Gasteiger partial charge on any atom is 0.390 e. The van der Waals surface area contributed by atoms with Gasteiger partial charge in [-0.15, -0.1) is 0 Å². The summed E-state index contributed by atoms with van der Waals surface area (Å²) < 4.78 is 34.9. The molecule has 0 aliphatic heterocycles. The molecule has 0 unspecified atom stereocenters. The number of nitrogens with one attached hydrogen (secondary N) is 1. The first-order valence-corrected chi connectivity index (χ1v) is 4.35. The molecule has 0 aliphatic rings. The first-order chi connectivity index (χ1) is 5.58. The highest BCUT2D eigenvalue weighted by Crippen LogP contribution is 2.20. The quantitative estimate of drug-likeness (QED) is 0.781. The zero-order valence-corrected chi connectivity index (χ0v) is 7.00. The van der Waals surface area contributed by atoms with E-state index in [1.54, 1.807) is 11.4 Å². The summed E-state index contributed by atoms with van der Waals surface area (Å²) in [6.45, 7) is -0.0553. The average Bonchev–Trinajstić information content (AvgIpc) is 2.36. The van der Waals surface area contributed by atoms with Crippen LogP contribution >= 0.6 is 11.3 Å². The van der Waals surface area contributed by atoms with Gasteiger partial charge in [0.1, 0.15) is 0 Å². The Kier molecular flexibility index (Phi) is 2.97. The van der Waals surface area contributed by atoms with Crippen LogP contribution in [0.15, 0.2) is 16.8 Å². The minimum absolute atomic E-state index is 0.0553. The van der Waals surface area contributed by atoms with E-state index in [0.717, 1.165) is 5.69 Å². The molecule has 1 N–H and O–H groups in total. The standard InChI is InChI=1S/C7H8F3NS/c8-7(9,10)2-3-11-6-1-4-12-5-6/h1,4-5,11H,2-3H2. The van der Waals surface area contributed by atoms with Gasteiger partial charge in [0.2, 0.25) is 0 Å². The van der Waals surface area contributed by atoms with Crippen molar-refractivity contribution in [3.63, 3.8) is 0 Å². The fraction of sp³-hybridized carbons (Fsp3) is 0.429. The van der Waals surface area contributed by atoms with Crippen molar-refractivity contribution in [1.82, 2.24) is 0 Å². The van der Waals surface area contributed by atoms with Gasteiger partial charge < -0.3 is 5.32 Å². The Bertz CT molecular complexity index is 217. The van der Waals surface area contributed by atoms with Crippen molar-refractivity contribution in [2.75, 3.05) is 11.9 Å². The molecule has 0 fully saturated rings. The molecule has 1 rings (SSSR count). The molecule has 0 saturated carbocycles. The van der Waals surface area contributed by atoms with Gasteiger partial charge >= 0.3 is 6.18 Å². The summed E-state index contributed by atoms with van der Waals surface area (Å²) in [5, 5.41) is 6.26. The van der Waals surface area contributed by atoms with Crippen LogP contribution in [0.3, 0.4) is 0 Å². The molecular weight excluding hydrogens is 187 g/mol. The Hall–Kier alpha value is -0.710. The monoisotopic (exact) mass is 195 g/mol. The molecule has 0 radical (unpaired) electrons. The van der Waals surface area contributed by atoms with Crippen molar-refractivity contribution in [2.45, 2.75) is 12.6 Å². The van der Waals surface area contributed by atoms with Gasteiger partial charge in [-0.3, -0.25) is 0 Å². The number of rotatable bonds is 3. The molecule has 0 saturated heterocycles. The van der Waals surface area contributed by atoms with Crippen LogP contribution in [0.5, 0.6) is 0 Å². The number of halogens is 3. The molecule has 0 aliphatic carbocycles. The van der Waals surface area contributed by atoms with E-state index in [2.05, 4.69) is 5.32 Å². The molecule has 1 heterocycles. The van der Waals surface area contributed by atoms with Gasteiger partial charge in [0, 0.05) is 17.6 Å². The van der Waals surface area contributed by atoms with E-state index in [0.29, 0.717) is 0 Å². The predicted octanol–water partition coefficient (Wildman–Crippen LogP) is 3.11. The maximum absolute atomic E-state index is 11.6. The third kappa shape index (κ3) is 3.61. The van der Waals surface area contributed by atoms with E-state index in [4.69, 9.17) is 0 Å². The smallest absolute Gasteiger partial charge is 0.384 e. The van der Waals surface area contributed by atoms with Crippen LogP contribution in [-0.2, 0) is 0 Å². The summed E-state index contributed by atoms with van der Waals surface area (Å²) in [5.74, 6) is 0. The molecule has 0 atom stereocenters. The predicted molar refractivity (Wildman–Crippen MR) is 43.5 cm³/mol. The molecule has 12 heavy (non-hydrogen) atoms. The lowest BCUT2D eigenvalue weighted by atomic mass is 10.4. The zero-order chi connectivity index (χ0) is 9.03. The van der Waals surface area contributed by atoms with Crippen molar-refractivity contribution in [2.24, 2.45) is 0 Å². The molecule has 1 aromatic rings. The minimum Gasteiger partial charge on any atom is -0.384 e. The summed E-state index contributed by atoms with van der Waals surface area (Å²) >= 11 is 1.45. The van der Waals surface area contributed by atoms with E-state index in [1.807, 2.05) is 5.38 Å². The summed E-state index contributed by atoms with van der Waals surface area (Å²) in [6, 6.07) is 1.75. The van der Waals surface area contributed by atoms with E-state index < -0.39 is 12.6 Å². The van der Waals surface area contributed by atoms with Crippen molar-refractivity contribution >= 4 is 17.0 Å². The topological polar surface area (TPSA) is 12.0 Å². The number of alkyl halides is 3. The van der Waals surface area contributed by atoms with Crippen molar-refractivity contribution in [3.8, 4) is 0 Å². The lowest BCUT2D eigenvalue weighted by molar-refractivity contribution is -0.131. The Labute approximate surface area is 72.2 Å². The van der Waals surface area contributed by atoms with Gasteiger partial charge in [0.15, 0.2) is 0 Å². The highest BCUT2D eigenvalue weighted by atomic mass is 32.1. The van der Waals surface area contributed by atoms with E-state index in [1.165, 1.54) is 11.3 Å². The fourth-order valence-corrected chi connectivity index (χ4v) is 1.33. The summed E-state index contributed by atoms with van der Waals surface area (Å²) in [5.41, 5.74) is 0.754. The van der Waals surface area contributed by atoms with Gasteiger partial charge in [0.05, 0.1) is 6.42 Å². The SMILES string of the molecule is FC(F)(F)CCNc1ccsc1. The van der Waals surface area contributed by atoms with Gasteiger partial charge in [0.25, 0.3) is 0 Å². The van der Waals surface area contributed by atoms with Crippen LogP contribution in [0.25, 0.3) is 0 Å². The van der Waals surface area contributed by atoms with Gasteiger partial charge in [-0.05, 0) is 11.4 Å². The first kappa shape index (κ1) is 9.38. The Morgan fingerprint density at radius 3 is 2.67 bits per heavy atom. The third-order valence-corrected chi connectivity index (χ3v) is 1.94. The van der Waals surface area contributed by atoms with Gasteiger partial charge in [-0.25, -0.2) is 0 Å². The van der Waals surface area contributed by atoms with Crippen LogP contribution in [0.1, 0.15) is 6.42 Å². The van der Waals surface area contributed by atoms with E-state index in [9.17, 15) is 13.2 Å². The Morgan fingerprint density at radius 2 is 2.17 bits per heavy atom. The second-order valence-electron chi connectivity index (χ2n) is 2.30. The van der Waals surface area contributed by atoms with E-state index >= 15 is 0 Å². The second-order valence-corrected chi connectivity index (χ2v) is 3.08. The molecule has 0 bridgehead atoms. The number of hydrogen-bond donors (Lipinski definition) is 1. The van der Waals surface area contributed by atoms with Crippen molar-refractivity contribution < 1.29 is 13.2 Å². The Balaban J connectivity index is 2.20. The summed E-state index contributed by atoms with van der Waals surface area (Å²) in [4.78, 5) is 0. The number of anilines is 1. The molecule has 0 amide bonds. The normalized spacial score (nSPS) is 11.6. The molecule has 1 nitrogen and oxygen atoms in total. The highest BCUT2D eigenvalue weighted by molar-refractivity contribution is 7.08. The summed E-state index contributed by atoms with van der Waals surface area (Å²) in [6.07, 6.45) is -4.86. The lowest BCUT2D eigenvalue weighted by Crippen LogP contribution is -2.14. The zero-order valence-electron chi connectivity index (χ0n) is 6.19. The lowest BCUT2D eigenvalue weighted by Gasteiger charge is -2.06. The fourth-order valence-electron chi connectivity index (χ4n) is 0.714. The highest BCUT2D eigenvalue weighted by Gasteiger charge is 2.25. The molecule has 68 valence electrons. The van der Waals surface area contributed by atoms with Crippen LogP contribution in [0, 0.1) is 0 Å². The third-order valence-electron chi connectivity index (χ3n) is 1.26. The minimum atomic E-state index is -4.07. The average molecular weight is 195 g/mol. The number of thiophene rings is 1. The van der Waals surface area contributed by atoms with E-state index in [-0.39, 0.29) is 6.54 Å². The molecule has 0 aromatic carbocycles. The van der Waals surface area contributed by atoms with Gasteiger partial charge in [-0.2, -0.15) is 24.5 Å². The van der Waals surface area contributed by atoms with Crippen molar-refractivity contribution in [3.05, 3.63) is 16.8 Å². The first-order valence-electron chi connectivity index (χ1n) is 3.41. The largest absolute Gasteiger partial charge is 0.390 e. The van der Waals surface area contributed by atoms with Crippen LogP contribution in [0.2, 0.25) is 0 Å². The van der Waals surface area contributed by atoms with Crippen LogP contribution in [0.4, 0.5) is 18.9 Å². The van der Waals surface area contributed by atoms with Crippen molar-refractivity contribution in [1.29, 1.82) is 0 Å².